The molecule has 2 aromatic carbocycles. The van der Waals surface area contributed by atoms with Crippen LogP contribution in [0.4, 0.5) is 0 Å². The van der Waals surface area contributed by atoms with Gasteiger partial charge in [-0.25, -0.2) is 4.98 Å². The van der Waals surface area contributed by atoms with Crippen LogP contribution in [0.25, 0.3) is 38.1 Å². The van der Waals surface area contributed by atoms with Crippen LogP contribution in [0.1, 0.15) is 23.8 Å². The van der Waals surface area contributed by atoms with Crippen molar-refractivity contribution in [1.29, 1.82) is 0 Å². The van der Waals surface area contributed by atoms with Crippen LogP contribution in [0, 0.1) is 0 Å². The average molecular weight is 415 g/mol. The van der Waals surface area contributed by atoms with Crippen molar-refractivity contribution in [3.05, 3.63) is 58.5 Å². The van der Waals surface area contributed by atoms with Crippen LogP contribution in [-0.4, -0.2) is 36.1 Å². The molecule has 0 bridgehead atoms. The minimum absolute atomic E-state index is 0.213. The third-order valence-corrected chi connectivity index (χ3v) is 5.64. The number of para-hydroxylation sites is 1. The molecule has 3 heterocycles. The van der Waals surface area contributed by atoms with Crippen LogP contribution in [0.15, 0.2) is 47.3 Å². The van der Waals surface area contributed by atoms with Crippen LogP contribution >= 0.6 is 0 Å². The van der Waals surface area contributed by atoms with Gasteiger partial charge in [0, 0.05) is 22.7 Å². The Hall–Kier alpha value is -3.87. The summed E-state index contributed by atoms with van der Waals surface area (Å²) >= 11 is 0. The zero-order valence-corrected chi connectivity index (χ0v) is 17.5. The van der Waals surface area contributed by atoms with E-state index in [1.165, 1.54) is 14.2 Å². The van der Waals surface area contributed by atoms with Crippen molar-refractivity contribution in [3.63, 3.8) is 0 Å². The summed E-state index contributed by atoms with van der Waals surface area (Å²) in [6.45, 7) is 2.56. The number of hydrogen-bond acceptors (Lipinski definition) is 5. The van der Waals surface area contributed by atoms with Gasteiger partial charge in [-0.1, -0.05) is 25.1 Å². The van der Waals surface area contributed by atoms with Crippen LogP contribution < -0.4 is 20.3 Å². The fourth-order valence-electron chi connectivity index (χ4n) is 4.28. The number of methoxy groups -OCH3 is 2. The molecule has 1 amide bonds. The highest BCUT2D eigenvalue weighted by molar-refractivity contribution is 6.21. The van der Waals surface area contributed by atoms with E-state index in [1.54, 1.807) is 22.6 Å². The third-order valence-electron chi connectivity index (χ3n) is 5.64. The number of amides is 1. The first-order chi connectivity index (χ1) is 15.1. The first kappa shape index (κ1) is 19.1. The molecule has 0 saturated heterocycles. The lowest BCUT2D eigenvalue weighted by molar-refractivity contribution is 0.0949. The third kappa shape index (κ3) is 2.63. The van der Waals surface area contributed by atoms with Gasteiger partial charge in [0.15, 0.2) is 11.5 Å². The second-order valence-corrected chi connectivity index (χ2v) is 7.39. The number of ether oxygens (including phenoxy) is 2. The normalized spacial score (nSPS) is 11.6. The smallest absolute Gasteiger partial charge is 0.269 e. The van der Waals surface area contributed by atoms with Crippen LogP contribution in [0.3, 0.4) is 0 Å². The van der Waals surface area contributed by atoms with Crippen LogP contribution in [0.5, 0.6) is 11.5 Å². The summed E-state index contributed by atoms with van der Waals surface area (Å²) in [6.07, 6.45) is 0.828. The molecule has 0 saturated carbocycles. The molecule has 0 radical (unpaired) electrons. The maximum Gasteiger partial charge on any atom is 0.269 e. The molecular weight excluding hydrogens is 394 g/mol. The van der Waals surface area contributed by atoms with Crippen molar-refractivity contribution in [3.8, 4) is 11.5 Å². The number of nitrogens with zero attached hydrogens (tertiary/aromatic N) is 2. The summed E-state index contributed by atoms with van der Waals surface area (Å²) in [7, 11) is 3.04. The molecule has 0 atom stereocenters. The lowest BCUT2D eigenvalue weighted by atomic mass is 10.1. The van der Waals surface area contributed by atoms with Gasteiger partial charge in [0.1, 0.15) is 5.69 Å². The van der Waals surface area contributed by atoms with Crippen molar-refractivity contribution in [2.24, 2.45) is 0 Å². The minimum Gasteiger partial charge on any atom is -0.493 e. The summed E-state index contributed by atoms with van der Waals surface area (Å²) in [5.41, 5.74) is 2.12. The molecule has 0 spiro atoms. The molecule has 7 nitrogen and oxygen atoms in total. The molecule has 1 N–H and O–H groups in total. The Morgan fingerprint density at radius 3 is 2.61 bits per heavy atom. The molecule has 31 heavy (non-hydrogen) atoms. The highest BCUT2D eigenvalue weighted by Gasteiger charge is 2.23. The molecule has 0 fully saturated rings. The van der Waals surface area contributed by atoms with Gasteiger partial charge in [-0.3, -0.25) is 14.0 Å². The fraction of sp³-hybridized carbons (Fsp3) is 0.208. The number of rotatable bonds is 5. The van der Waals surface area contributed by atoms with Gasteiger partial charge in [-0.15, -0.1) is 0 Å². The van der Waals surface area contributed by atoms with Gasteiger partial charge in [0.05, 0.1) is 36.2 Å². The van der Waals surface area contributed by atoms with Gasteiger partial charge < -0.3 is 14.8 Å². The van der Waals surface area contributed by atoms with Gasteiger partial charge in [0.2, 0.25) is 0 Å². The second kappa shape index (κ2) is 7.12. The van der Waals surface area contributed by atoms with Gasteiger partial charge in [0.25, 0.3) is 11.5 Å². The molecule has 0 unspecified atom stereocenters. The number of benzene rings is 2. The predicted octanol–water partition coefficient (Wildman–Crippen LogP) is 3.75. The van der Waals surface area contributed by atoms with Crippen molar-refractivity contribution < 1.29 is 14.3 Å². The molecule has 0 aliphatic rings. The Labute approximate surface area is 177 Å². The Morgan fingerprint density at radius 2 is 1.87 bits per heavy atom. The molecule has 7 heteroatoms. The number of carbonyl (C=O) groups excluding carboxylic acids is 1. The summed E-state index contributed by atoms with van der Waals surface area (Å²) in [5, 5.41) is 5.58. The number of aromatic nitrogens is 2. The highest BCUT2D eigenvalue weighted by Crippen LogP contribution is 2.39. The van der Waals surface area contributed by atoms with Crippen LogP contribution in [-0.2, 0) is 0 Å². The maximum atomic E-state index is 13.7. The van der Waals surface area contributed by atoms with Crippen LogP contribution in [0.2, 0.25) is 0 Å². The monoisotopic (exact) mass is 415 g/mol. The first-order valence-corrected chi connectivity index (χ1v) is 10.1. The molecular formula is C24H21N3O4. The molecule has 0 aliphatic heterocycles. The molecule has 3 aromatic heterocycles. The number of nitrogens with one attached hydrogen (secondary N) is 1. The summed E-state index contributed by atoms with van der Waals surface area (Å²) in [5.74, 6) is 0.572. The number of carbonyl (C=O) groups is 1. The first-order valence-electron chi connectivity index (χ1n) is 10.1. The zero-order chi connectivity index (χ0) is 21.7. The topological polar surface area (TPSA) is 81.9 Å². The number of pyridine rings is 2. The van der Waals surface area contributed by atoms with E-state index < -0.39 is 0 Å². The fourth-order valence-corrected chi connectivity index (χ4v) is 4.28. The maximum absolute atomic E-state index is 13.7. The van der Waals surface area contributed by atoms with Crippen molar-refractivity contribution >= 4 is 44.0 Å². The molecule has 5 rings (SSSR count). The summed E-state index contributed by atoms with van der Waals surface area (Å²) < 4.78 is 12.6. The van der Waals surface area contributed by atoms with Gasteiger partial charge in [-0.2, -0.15) is 0 Å². The Kier molecular flexibility index (Phi) is 4.39. The number of fused-ring (bicyclic) bond motifs is 5. The largest absolute Gasteiger partial charge is 0.493 e. The van der Waals surface area contributed by atoms with E-state index in [9.17, 15) is 9.59 Å². The lowest BCUT2D eigenvalue weighted by Gasteiger charge is -2.13. The van der Waals surface area contributed by atoms with E-state index in [0.29, 0.717) is 45.5 Å². The van der Waals surface area contributed by atoms with E-state index in [1.807, 2.05) is 31.2 Å². The second-order valence-electron chi connectivity index (χ2n) is 7.39. The highest BCUT2D eigenvalue weighted by atomic mass is 16.5. The Bertz CT molecular complexity index is 1540. The van der Waals surface area contributed by atoms with Crippen molar-refractivity contribution in [2.45, 2.75) is 13.3 Å². The van der Waals surface area contributed by atoms with Gasteiger partial charge in [-0.05, 0) is 30.7 Å². The summed E-state index contributed by atoms with van der Waals surface area (Å²) in [4.78, 5) is 31.2. The Morgan fingerprint density at radius 1 is 1.06 bits per heavy atom. The van der Waals surface area contributed by atoms with E-state index in [2.05, 4.69) is 5.32 Å². The van der Waals surface area contributed by atoms with Crippen molar-refractivity contribution in [2.75, 3.05) is 20.8 Å². The lowest BCUT2D eigenvalue weighted by Crippen LogP contribution is -2.25. The molecule has 156 valence electrons. The SMILES string of the molecule is CCCNC(=O)c1cc2c3ccccc3n3c(=O)c4c(OC)c(OC)ccc4c(n1)c23. The number of hydrogen-bond donors (Lipinski definition) is 1. The average Bonchev–Trinajstić information content (AvgIpc) is 3.14. The minimum atomic E-state index is -0.240. The van der Waals surface area contributed by atoms with Crippen molar-refractivity contribution in [1.82, 2.24) is 14.7 Å². The van der Waals surface area contributed by atoms with E-state index in [-0.39, 0.29) is 11.5 Å². The summed E-state index contributed by atoms with van der Waals surface area (Å²) in [6, 6.07) is 13.0. The standard InChI is InChI=1S/C24H21N3O4/c1-4-11-25-23(28)16-12-15-13-7-5-6-8-17(13)27-21(15)20(26-16)14-9-10-18(30-2)22(31-3)19(14)24(27)29/h5-10,12H,4,11H2,1-3H3,(H,25,28). The quantitative estimate of drug-likeness (QED) is 0.442. The van der Waals surface area contributed by atoms with E-state index >= 15 is 0 Å². The van der Waals surface area contributed by atoms with E-state index in [0.717, 1.165) is 22.7 Å². The molecule has 0 aliphatic carbocycles. The van der Waals surface area contributed by atoms with E-state index in [4.69, 9.17) is 14.5 Å². The zero-order valence-electron chi connectivity index (χ0n) is 17.5. The van der Waals surface area contributed by atoms with Gasteiger partial charge >= 0.3 is 0 Å². The predicted molar refractivity (Wildman–Crippen MR) is 121 cm³/mol. The molecule has 5 aromatic rings. The Balaban J connectivity index is 2.03.